The first kappa shape index (κ1) is 10.9. The van der Waals surface area contributed by atoms with Gasteiger partial charge in [0.1, 0.15) is 0 Å². The summed E-state index contributed by atoms with van der Waals surface area (Å²) >= 11 is 0. The number of ether oxygens (including phenoxy) is 1. The molecule has 0 aliphatic rings. The Hall–Kier alpha value is -0.0800. The van der Waals surface area contributed by atoms with Crippen LogP contribution in [0.4, 0.5) is 0 Å². The van der Waals surface area contributed by atoms with Crippen molar-refractivity contribution in [2.45, 2.75) is 39.7 Å². The third kappa shape index (κ3) is 6.32. The molecule has 2 heteroatoms. The highest BCUT2D eigenvalue weighted by atomic mass is 16.5. The summed E-state index contributed by atoms with van der Waals surface area (Å²) in [5.74, 6) is 0.256. The molecule has 0 rings (SSSR count). The van der Waals surface area contributed by atoms with Crippen LogP contribution in [0.5, 0.6) is 0 Å². The van der Waals surface area contributed by atoms with Gasteiger partial charge >= 0.3 is 0 Å². The zero-order chi connectivity index (χ0) is 8.69. The summed E-state index contributed by atoms with van der Waals surface area (Å²) in [5, 5.41) is 9.10. The van der Waals surface area contributed by atoms with Gasteiger partial charge in [-0.3, -0.25) is 0 Å². The van der Waals surface area contributed by atoms with E-state index in [4.69, 9.17) is 9.84 Å². The lowest BCUT2D eigenvalue weighted by Gasteiger charge is -2.14. The Labute approximate surface area is 69.6 Å². The lowest BCUT2D eigenvalue weighted by Crippen LogP contribution is -2.19. The number of aliphatic hydroxyl groups excluding tert-OH is 1. The number of rotatable bonds is 6. The number of hydrogen-bond acceptors (Lipinski definition) is 2. The topological polar surface area (TPSA) is 29.5 Å². The van der Waals surface area contributed by atoms with Crippen molar-refractivity contribution in [1.82, 2.24) is 0 Å². The van der Waals surface area contributed by atoms with E-state index in [-0.39, 0.29) is 12.0 Å². The number of unbranched alkanes of at least 4 members (excludes halogenated alkanes) is 1. The van der Waals surface area contributed by atoms with Gasteiger partial charge in [-0.2, -0.15) is 0 Å². The van der Waals surface area contributed by atoms with E-state index in [9.17, 15) is 0 Å². The summed E-state index contributed by atoms with van der Waals surface area (Å²) in [6.07, 6.45) is 2.03. The van der Waals surface area contributed by atoms with E-state index in [1.807, 2.05) is 6.92 Å². The molecule has 0 aliphatic heterocycles. The molecular formula is C9H20O2. The van der Waals surface area contributed by atoms with Crippen LogP contribution in [-0.2, 0) is 4.74 Å². The zero-order valence-corrected chi connectivity index (χ0v) is 7.84. The van der Waals surface area contributed by atoms with Crippen LogP contribution in [0.3, 0.4) is 0 Å². The molecule has 0 saturated carbocycles. The maximum Gasteiger partial charge on any atom is 0.0559 e. The van der Waals surface area contributed by atoms with Crippen LogP contribution in [-0.4, -0.2) is 24.4 Å². The Kier molecular flexibility index (Phi) is 6.57. The normalized spacial score (nSPS) is 16.4. The molecule has 0 aromatic carbocycles. The van der Waals surface area contributed by atoms with Gasteiger partial charge in [-0.25, -0.2) is 0 Å². The third-order valence-corrected chi connectivity index (χ3v) is 1.85. The minimum atomic E-state index is -0.253. The Morgan fingerprint density at radius 1 is 1.36 bits per heavy atom. The number of hydrogen-bond donors (Lipinski definition) is 1. The molecule has 0 amide bonds. The van der Waals surface area contributed by atoms with E-state index < -0.39 is 0 Å². The Morgan fingerprint density at radius 3 is 2.45 bits per heavy atom. The molecule has 0 spiro atoms. The first-order valence-corrected chi connectivity index (χ1v) is 4.44. The van der Waals surface area contributed by atoms with E-state index in [0.717, 1.165) is 13.0 Å². The summed E-state index contributed by atoms with van der Waals surface area (Å²) in [5.41, 5.74) is 0. The molecule has 0 heterocycles. The molecule has 0 aliphatic carbocycles. The fourth-order valence-corrected chi connectivity index (χ4v) is 0.655. The van der Waals surface area contributed by atoms with Crippen LogP contribution in [0.25, 0.3) is 0 Å². The van der Waals surface area contributed by atoms with E-state index >= 15 is 0 Å². The average molecular weight is 160 g/mol. The smallest absolute Gasteiger partial charge is 0.0559 e. The highest BCUT2D eigenvalue weighted by molar-refractivity contribution is 4.56. The van der Waals surface area contributed by atoms with Crippen molar-refractivity contribution in [3.05, 3.63) is 0 Å². The highest BCUT2D eigenvalue weighted by Gasteiger charge is 2.07. The van der Waals surface area contributed by atoms with Crippen molar-refractivity contribution >= 4 is 0 Å². The molecule has 0 aromatic heterocycles. The summed E-state index contributed by atoms with van der Waals surface area (Å²) in [7, 11) is 0. The summed E-state index contributed by atoms with van der Waals surface area (Å²) in [6, 6.07) is 0. The van der Waals surface area contributed by atoms with Gasteiger partial charge in [0.2, 0.25) is 0 Å². The predicted octanol–water partition coefficient (Wildman–Crippen LogP) is 1.82. The van der Waals surface area contributed by atoms with Gasteiger partial charge in [0, 0.05) is 12.5 Å². The summed E-state index contributed by atoms with van der Waals surface area (Å²) in [4.78, 5) is 0. The van der Waals surface area contributed by atoms with Crippen LogP contribution in [0.1, 0.15) is 33.6 Å². The van der Waals surface area contributed by atoms with Crippen molar-refractivity contribution in [2.75, 3.05) is 13.2 Å². The lowest BCUT2D eigenvalue weighted by atomic mass is 10.1. The van der Waals surface area contributed by atoms with Crippen molar-refractivity contribution in [2.24, 2.45) is 5.92 Å². The molecule has 68 valence electrons. The van der Waals surface area contributed by atoms with Gasteiger partial charge in [-0.05, 0) is 13.3 Å². The second-order valence-corrected chi connectivity index (χ2v) is 3.15. The second-order valence-electron chi connectivity index (χ2n) is 3.15. The molecule has 0 fully saturated rings. The summed E-state index contributed by atoms with van der Waals surface area (Å²) in [6.45, 7) is 7.44. The van der Waals surface area contributed by atoms with Gasteiger partial charge < -0.3 is 9.84 Å². The largest absolute Gasteiger partial charge is 0.393 e. The fraction of sp³-hybridized carbons (Fsp3) is 1.00. The molecule has 2 atom stereocenters. The monoisotopic (exact) mass is 160 g/mol. The lowest BCUT2D eigenvalue weighted by molar-refractivity contribution is 0.0433. The summed E-state index contributed by atoms with van der Waals surface area (Å²) < 4.78 is 5.34. The molecule has 2 nitrogen and oxygen atoms in total. The zero-order valence-electron chi connectivity index (χ0n) is 7.84. The van der Waals surface area contributed by atoms with Gasteiger partial charge in [-0.1, -0.05) is 20.3 Å². The molecule has 1 N–H and O–H groups in total. The first-order chi connectivity index (χ1) is 5.18. The third-order valence-electron chi connectivity index (χ3n) is 1.85. The van der Waals surface area contributed by atoms with Crippen LogP contribution in [0.15, 0.2) is 0 Å². The molecule has 0 saturated heterocycles. The standard InChI is InChI=1S/C9H20O2/c1-4-5-6-11-7-8(2)9(3)10/h8-10H,4-7H2,1-3H3/t8-,9-/m0/s1. The second kappa shape index (κ2) is 6.62. The quantitative estimate of drug-likeness (QED) is 0.600. The van der Waals surface area contributed by atoms with Crippen molar-refractivity contribution in [3.63, 3.8) is 0 Å². The molecule has 0 radical (unpaired) electrons. The SMILES string of the molecule is CCCCOC[C@H](C)[C@H](C)O. The van der Waals surface area contributed by atoms with Crippen LogP contribution >= 0.6 is 0 Å². The van der Waals surface area contributed by atoms with E-state index in [2.05, 4.69) is 6.92 Å². The van der Waals surface area contributed by atoms with Crippen molar-refractivity contribution in [3.8, 4) is 0 Å². The van der Waals surface area contributed by atoms with E-state index in [0.29, 0.717) is 6.61 Å². The van der Waals surface area contributed by atoms with E-state index in [1.165, 1.54) is 6.42 Å². The average Bonchev–Trinajstić information content (AvgIpc) is 1.97. The van der Waals surface area contributed by atoms with Gasteiger partial charge in [-0.15, -0.1) is 0 Å². The van der Waals surface area contributed by atoms with Crippen LogP contribution in [0.2, 0.25) is 0 Å². The van der Waals surface area contributed by atoms with Crippen molar-refractivity contribution in [1.29, 1.82) is 0 Å². The number of aliphatic hydroxyl groups is 1. The fourth-order valence-electron chi connectivity index (χ4n) is 0.655. The molecule has 0 aromatic rings. The van der Waals surface area contributed by atoms with Crippen LogP contribution in [0, 0.1) is 5.92 Å². The Bertz CT molecular complexity index is 81.6. The van der Waals surface area contributed by atoms with Crippen molar-refractivity contribution < 1.29 is 9.84 Å². The Balaban J connectivity index is 3.10. The van der Waals surface area contributed by atoms with Gasteiger partial charge in [0.15, 0.2) is 0 Å². The first-order valence-electron chi connectivity index (χ1n) is 4.44. The molecule has 0 bridgehead atoms. The van der Waals surface area contributed by atoms with Gasteiger partial charge in [0.05, 0.1) is 12.7 Å². The Morgan fingerprint density at radius 2 is 2.00 bits per heavy atom. The van der Waals surface area contributed by atoms with Gasteiger partial charge in [0.25, 0.3) is 0 Å². The molecular weight excluding hydrogens is 140 g/mol. The predicted molar refractivity (Wildman–Crippen MR) is 46.6 cm³/mol. The maximum absolute atomic E-state index is 9.10. The van der Waals surface area contributed by atoms with E-state index in [1.54, 1.807) is 6.92 Å². The minimum Gasteiger partial charge on any atom is -0.393 e. The molecule has 11 heavy (non-hydrogen) atoms. The van der Waals surface area contributed by atoms with Crippen LogP contribution < -0.4 is 0 Å². The minimum absolute atomic E-state index is 0.253. The molecule has 0 unspecified atom stereocenters. The maximum atomic E-state index is 9.10. The highest BCUT2D eigenvalue weighted by Crippen LogP contribution is 2.02.